The second-order valence-corrected chi connectivity index (χ2v) is 6.25. The summed E-state index contributed by atoms with van der Waals surface area (Å²) in [6.45, 7) is 4.07. The van der Waals surface area contributed by atoms with Crippen LogP contribution in [0.4, 0.5) is 5.69 Å². The van der Waals surface area contributed by atoms with Crippen LogP contribution in [-0.2, 0) is 9.59 Å². The maximum absolute atomic E-state index is 12.3. The highest BCUT2D eigenvalue weighted by Crippen LogP contribution is 2.30. The number of anilines is 1. The number of hydrogen-bond acceptors (Lipinski definition) is 3. The Morgan fingerprint density at radius 1 is 1.26 bits per heavy atom. The molecule has 0 radical (unpaired) electrons. The molecule has 1 amide bonds. The average molecular weight is 319 g/mol. The van der Waals surface area contributed by atoms with Crippen molar-refractivity contribution in [1.29, 1.82) is 0 Å². The lowest BCUT2D eigenvalue weighted by Crippen LogP contribution is -2.30. The molecule has 126 valence electrons. The van der Waals surface area contributed by atoms with Gasteiger partial charge in [-0.2, -0.15) is 0 Å². The highest BCUT2D eigenvalue weighted by atomic mass is 16.5. The van der Waals surface area contributed by atoms with Gasteiger partial charge in [0.25, 0.3) is 0 Å². The van der Waals surface area contributed by atoms with Crippen LogP contribution in [0.3, 0.4) is 0 Å². The molecule has 2 N–H and O–H groups in total. The SMILES string of the molecule is CCC(C)Oc1ccc(NC(=O)C2CCCC(C(=O)O)C2)cc1. The molecule has 3 atom stereocenters. The van der Waals surface area contributed by atoms with Crippen molar-refractivity contribution in [1.82, 2.24) is 0 Å². The number of rotatable bonds is 6. The number of nitrogens with one attached hydrogen (secondary N) is 1. The van der Waals surface area contributed by atoms with Crippen molar-refractivity contribution in [2.45, 2.75) is 52.1 Å². The smallest absolute Gasteiger partial charge is 0.306 e. The van der Waals surface area contributed by atoms with E-state index in [1.54, 1.807) is 0 Å². The number of ether oxygens (including phenoxy) is 1. The maximum atomic E-state index is 12.3. The van der Waals surface area contributed by atoms with E-state index in [4.69, 9.17) is 9.84 Å². The molecule has 0 heterocycles. The topological polar surface area (TPSA) is 75.6 Å². The first-order valence-corrected chi connectivity index (χ1v) is 8.30. The average Bonchev–Trinajstić information content (AvgIpc) is 2.56. The van der Waals surface area contributed by atoms with Crippen LogP contribution in [-0.4, -0.2) is 23.1 Å². The van der Waals surface area contributed by atoms with Gasteiger partial charge in [-0.15, -0.1) is 0 Å². The number of carboxylic acid groups (broad SMARTS) is 1. The van der Waals surface area contributed by atoms with Gasteiger partial charge in [0.1, 0.15) is 5.75 Å². The lowest BCUT2D eigenvalue weighted by molar-refractivity contribution is -0.143. The van der Waals surface area contributed by atoms with E-state index < -0.39 is 11.9 Å². The van der Waals surface area contributed by atoms with Crippen LogP contribution in [0.2, 0.25) is 0 Å². The molecule has 0 saturated heterocycles. The van der Waals surface area contributed by atoms with Crippen LogP contribution in [0.5, 0.6) is 5.75 Å². The zero-order valence-electron chi connectivity index (χ0n) is 13.7. The van der Waals surface area contributed by atoms with Crippen LogP contribution in [0, 0.1) is 11.8 Å². The molecule has 1 aliphatic carbocycles. The fraction of sp³-hybridized carbons (Fsp3) is 0.556. The number of hydrogen-bond donors (Lipinski definition) is 2. The molecule has 2 rings (SSSR count). The predicted octanol–water partition coefficient (Wildman–Crippen LogP) is 3.69. The summed E-state index contributed by atoms with van der Waals surface area (Å²) in [6.07, 6.45) is 3.73. The Labute approximate surface area is 137 Å². The molecule has 0 bridgehead atoms. The van der Waals surface area contributed by atoms with Gasteiger partial charge in [-0.05, 0) is 56.9 Å². The van der Waals surface area contributed by atoms with E-state index in [1.165, 1.54) is 0 Å². The minimum Gasteiger partial charge on any atom is -0.491 e. The Kier molecular flexibility index (Phi) is 6.02. The van der Waals surface area contributed by atoms with Gasteiger partial charge in [0.2, 0.25) is 5.91 Å². The third-order valence-corrected chi connectivity index (χ3v) is 4.43. The lowest BCUT2D eigenvalue weighted by atomic mass is 9.81. The normalized spacial score (nSPS) is 22.2. The van der Waals surface area contributed by atoms with Gasteiger partial charge in [0, 0.05) is 11.6 Å². The van der Waals surface area contributed by atoms with E-state index >= 15 is 0 Å². The number of aliphatic carboxylic acids is 1. The van der Waals surface area contributed by atoms with Crippen molar-refractivity contribution in [3.8, 4) is 5.75 Å². The van der Waals surface area contributed by atoms with Crippen LogP contribution in [0.25, 0.3) is 0 Å². The lowest BCUT2D eigenvalue weighted by Gasteiger charge is -2.25. The molecule has 1 aromatic carbocycles. The molecule has 23 heavy (non-hydrogen) atoms. The first-order chi connectivity index (χ1) is 11.0. The van der Waals surface area contributed by atoms with E-state index in [-0.39, 0.29) is 17.9 Å². The molecular formula is C18H25NO4. The fourth-order valence-electron chi connectivity index (χ4n) is 2.83. The van der Waals surface area contributed by atoms with Gasteiger partial charge in [-0.25, -0.2) is 0 Å². The summed E-state index contributed by atoms with van der Waals surface area (Å²) in [4.78, 5) is 23.4. The van der Waals surface area contributed by atoms with Crippen LogP contribution in [0.15, 0.2) is 24.3 Å². The molecule has 3 unspecified atom stereocenters. The minimum absolute atomic E-state index is 0.0912. The van der Waals surface area contributed by atoms with Gasteiger partial charge in [-0.1, -0.05) is 13.3 Å². The summed E-state index contributed by atoms with van der Waals surface area (Å²) in [5, 5.41) is 12.0. The van der Waals surface area contributed by atoms with Crippen molar-refractivity contribution < 1.29 is 19.4 Å². The molecule has 1 fully saturated rings. The summed E-state index contributed by atoms with van der Waals surface area (Å²) in [5.74, 6) is -0.728. The van der Waals surface area contributed by atoms with Gasteiger partial charge in [0.05, 0.1) is 12.0 Å². The summed E-state index contributed by atoms with van der Waals surface area (Å²) in [7, 11) is 0. The van der Waals surface area contributed by atoms with Crippen molar-refractivity contribution in [2.24, 2.45) is 11.8 Å². The largest absolute Gasteiger partial charge is 0.491 e. The summed E-state index contributed by atoms with van der Waals surface area (Å²) in [5.41, 5.74) is 0.712. The molecule has 5 heteroatoms. The Hall–Kier alpha value is -2.04. The maximum Gasteiger partial charge on any atom is 0.306 e. The van der Waals surface area contributed by atoms with Crippen molar-refractivity contribution in [3.63, 3.8) is 0 Å². The Morgan fingerprint density at radius 3 is 2.52 bits per heavy atom. The highest BCUT2D eigenvalue weighted by molar-refractivity contribution is 5.93. The molecule has 1 aromatic rings. The fourth-order valence-corrected chi connectivity index (χ4v) is 2.83. The predicted molar refractivity (Wildman–Crippen MR) is 88.5 cm³/mol. The van der Waals surface area contributed by atoms with Gasteiger partial charge < -0.3 is 15.2 Å². The quantitative estimate of drug-likeness (QED) is 0.838. The third-order valence-electron chi connectivity index (χ3n) is 4.43. The van der Waals surface area contributed by atoms with Crippen LogP contribution in [0.1, 0.15) is 46.0 Å². The molecule has 0 spiro atoms. The molecular weight excluding hydrogens is 294 g/mol. The highest BCUT2D eigenvalue weighted by Gasteiger charge is 2.30. The minimum atomic E-state index is -0.797. The van der Waals surface area contributed by atoms with Crippen LogP contribution >= 0.6 is 0 Å². The number of carboxylic acids is 1. The van der Waals surface area contributed by atoms with Crippen molar-refractivity contribution in [2.75, 3.05) is 5.32 Å². The number of amides is 1. The van der Waals surface area contributed by atoms with E-state index in [1.807, 2.05) is 31.2 Å². The molecule has 5 nitrogen and oxygen atoms in total. The van der Waals surface area contributed by atoms with E-state index in [0.717, 1.165) is 25.0 Å². The summed E-state index contributed by atoms with van der Waals surface area (Å²) < 4.78 is 5.70. The van der Waals surface area contributed by atoms with Gasteiger partial charge in [0.15, 0.2) is 0 Å². The molecule has 0 aromatic heterocycles. The van der Waals surface area contributed by atoms with Gasteiger partial charge >= 0.3 is 5.97 Å². The van der Waals surface area contributed by atoms with E-state index in [0.29, 0.717) is 18.5 Å². The zero-order valence-corrected chi connectivity index (χ0v) is 13.7. The molecule has 0 aliphatic heterocycles. The van der Waals surface area contributed by atoms with Crippen LogP contribution < -0.4 is 10.1 Å². The first-order valence-electron chi connectivity index (χ1n) is 8.30. The second-order valence-electron chi connectivity index (χ2n) is 6.25. The van der Waals surface area contributed by atoms with Gasteiger partial charge in [-0.3, -0.25) is 9.59 Å². The Balaban J connectivity index is 1.91. The second kappa shape index (κ2) is 7.99. The number of carbonyl (C=O) groups is 2. The standard InChI is InChI=1S/C18H25NO4/c1-3-12(2)23-16-9-7-15(8-10-16)19-17(20)13-5-4-6-14(11-13)18(21)22/h7-10,12-14H,3-6,11H2,1-2H3,(H,19,20)(H,21,22). The Bertz CT molecular complexity index is 540. The number of benzene rings is 1. The van der Waals surface area contributed by atoms with E-state index in [9.17, 15) is 9.59 Å². The molecule has 1 saturated carbocycles. The number of carbonyl (C=O) groups excluding carboxylic acids is 1. The molecule has 1 aliphatic rings. The monoisotopic (exact) mass is 319 g/mol. The van der Waals surface area contributed by atoms with E-state index in [2.05, 4.69) is 12.2 Å². The Morgan fingerprint density at radius 2 is 1.91 bits per heavy atom. The zero-order chi connectivity index (χ0) is 16.8. The first kappa shape index (κ1) is 17.3. The van der Waals surface area contributed by atoms with Crippen molar-refractivity contribution in [3.05, 3.63) is 24.3 Å². The summed E-state index contributed by atoms with van der Waals surface area (Å²) >= 11 is 0. The third kappa shape index (κ3) is 4.98. The van der Waals surface area contributed by atoms with Crippen molar-refractivity contribution >= 4 is 17.6 Å². The summed E-state index contributed by atoms with van der Waals surface area (Å²) in [6, 6.07) is 7.30.